The summed E-state index contributed by atoms with van der Waals surface area (Å²) in [5.41, 5.74) is 3.06. The van der Waals surface area contributed by atoms with Crippen LogP contribution in [0.2, 0.25) is 0 Å². The molecule has 0 bridgehead atoms. The average Bonchev–Trinajstić information content (AvgIpc) is 2.86. The maximum absolute atomic E-state index is 12.8. The minimum absolute atomic E-state index is 0.125. The van der Waals surface area contributed by atoms with Gasteiger partial charge >= 0.3 is 0 Å². The van der Waals surface area contributed by atoms with Gasteiger partial charge in [-0.1, -0.05) is 18.2 Å². The average molecular weight is 604 g/mol. The predicted octanol–water partition coefficient (Wildman–Crippen LogP) is 4.45. The first-order chi connectivity index (χ1) is 16.7. The molecular weight excluding hydrogens is 588 g/mol. The van der Waals surface area contributed by atoms with E-state index in [9.17, 15) is 29.9 Å². The van der Waals surface area contributed by atoms with Crippen LogP contribution in [0.4, 0.5) is 5.69 Å². The lowest BCUT2D eigenvalue weighted by atomic mass is 10.1. The van der Waals surface area contributed by atoms with Crippen molar-refractivity contribution >= 4 is 61.7 Å². The normalized spacial score (nSPS) is 11.3. The molecule has 0 aliphatic rings. The number of carbonyl (C=O) groups excluding carboxylic acids is 2. The molecule has 0 heterocycles. The lowest BCUT2D eigenvalue weighted by Gasteiger charge is -2.09. The van der Waals surface area contributed by atoms with Gasteiger partial charge in [0.25, 0.3) is 17.5 Å². The molecule has 0 aliphatic carbocycles. The van der Waals surface area contributed by atoms with Crippen molar-refractivity contribution in [1.82, 2.24) is 10.7 Å². The van der Waals surface area contributed by atoms with Crippen LogP contribution in [0, 0.1) is 10.1 Å². The predicted molar refractivity (Wildman–Crippen MR) is 136 cm³/mol. The third-order valence-corrected chi connectivity index (χ3v) is 5.95. The fourth-order valence-electron chi connectivity index (χ4n) is 2.74. The second kappa shape index (κ2) is 11.4. The number of hydrogen-bond donors (Lipinski definition) is 4. The van der Waals surface area contributed by atoms with Gasteiger partial charge in [-0.15, -0.1) is 0 Å². The van der Waals surface area contributed by atoms with Crippen LogP contribution in [0.15, 0.2) is 80.4 Å². The number of nitrogens with one attached hydrogen (secondary N) is 2. The molecular formula is C23H16Br2N4O6. The van der Waals surface area contributed by atoms with Gasteiger partial charge in [-0.25, -0.2) is 5.43 Å². The van der Waals surface area contributed by atoms with Crippen molar-refractivity contribution in [3.05, 3.63) is 102 Å². The summed E-state index contributed by atoms with van der Waals surface area (Å²) in [4.78, 5) is 35.8. The van der Waals surface area contributed by atoms with E-state index in [0.29, 0.717) is 16.7 Å². The molecule has 0 fully saturated rings. The largest absolute Gasteiger partial charge is 0.503 e. The van der Waals surface area contributed by atoms with Gasteiger partial charge in [0.15, 0.2) is 11.5 Å². The molecule has 0 atom stereocenters. The topological polar surface area (TPSA) is 154 Å². The first kappa shape index (κ1) is 25.6. The van der Waals surface area contributed by atoms with Gasteiger partial charge in [-0.3, -0.25) is 19.7 Å². The molecule has 12 heteroatoms. The highest BCUT2D eigenvalue weighted by atomic mass is 79.9. The van der Waals surface area contributed by atoms with E-state index in [1.54, 1.807) is 30.3 Å². The number of aromatic hydroxyl groups is 2. The summed E-state index contributed by atoms with van der Waals surface area (Å²) in [6.45, 7) is 0. The molecule has 0 unspecified atom stereocenters. The van der Waals surface area contributed by atoms with Gasteiger partial charge in [-0.05, 0) is 73.8 Å². The van der Waals surface area contributed by atoms with E-state index < -0.39 is 22.5 Å². The van der Waals surface area contributed by atoms with Crippen LogP contribution >= 0.6 is 31.9 Å². The van der Waals surface area contributed by atoms with Gasteiger partial charge in [-0.2, -0.15) is 5.10 Å². The van der Waals surface area contributed by atoms with Crippen molar-refractivity contribution in [2.45, 2.75) is 0 Å². The first-order valence-electron chi connectivity index (χ1n) is 9.73. The number of hydrazone groups is 1. The minimum atomic E-state index is -0.776. The third-order valence-electron chi connectivity index (χ3n) is 4.51. The highest BCUT2D eigenvalue weighted by molar-refractivity contribution is 9.11. The van der Waals surface area contributed by atoms with Crippen molar-refractivity contribution in [2.24, 2.45) is 5.10 Å². The Bertz CT molecular complexity index is 1340. The van der Waals surface area contributed by atoms with E-state index in [1.165, 1.54) is 42.6 Å². The number of carbonyl (C=O) groups is 2. The van der Waals surface area contributed by atoms with Crippen LogP contribution < -0.4 is 10.7 Å². The van der Waals surface area contributed by atoms with Crippen LogP contribution in [0.1, 0.15) is 21.5 Å². The summed E-state index contributed by atoms with van der Waals surface area (Å²) < 4.78 is 0.357. The van der Waals surface area contributed by atoms with E-state index in [4.69, 9.17) is 0 Å². The number of phenols is 2. The zero-order chi connectivity index (χ0) is 25.5. The Balaban J connectivity index is 1.86. The molecule has 178 valence electrons. The molecule has 10 nitrogen and oxygen atoms in total. The highest BCUT2D eigenvalue weighted by Gasteiger charge is 2.16. The van der Waals surface area contributed by atoms with Gasteiger partial charge in [0.2, 0.25) is 0 Å². The summed E-state index contributed by atoms with van der Waals surface area (Å²) in [5, 5.41) is 36.9. The van der Waals surface area contributed by atoms with E-state index in [1.807, 2.05) is 0 Å². The number of rotatable bonds is 7. The highest BCUT2D eigenvalue weighted by Crippen LogP contribution is 2.40. The van der Waals surface area contributed by atoms with Gasteiger partial charge in [0.05, 0.1) is 20.1 Å². The fraction of sp³-hybridized carbons (Fsp3) is 0. The van der Waals surface area contributed by atoms with Crippen LogP contribution in [-0.2, 0) is 4.79 Å². The molecule has 0 aliphatic heterocycles. The van der Waals surface area contributed by atoms with Crippen molar-refractivity contribution < 1.29 is 24.7 Å². The minimum Gasteiger partial charge on any atom is -0.503 e. The molecule has 3 aromatic rings. The zero-order valence-electron chi connectivity index (χ0n) is 17.6. The maximum Gasteiger partial charge on any atom is 0.287 e. The third kappa shape index (κ3) is 6.52. The van der Waals surface area contributed by atoms with Crippen molar-refractivity contribution in [3.8, 4) is 11.5 Å². The number of benzene rings is 3. The quantitative estimate of drug-likeness (QED) is 0.103. The summed E-state index contributed by atoms with van der Waals surface area (Å²) in [6.07, 6.45) is 2.56. The Morgan fingerprint density at radius 2 is 1.66 bits per heavy atom. The van der Waals surface area contributed by atoms with Gasteiger partial charge < -0.3 is 15.5 Å². The molecule has 3 aromatic carbocycles. The standard InChI is InChI=1S/C23H16Br2N4O6/c24-17-11-15(19(25)21(31)20(17)30)12-26-28-23(33)18(27-22(32)14-4-2-1-3-5-14)10-13-6-8-16(9-7-13)29(34)35/h1-12,30-31H,(H,27,32)(H,28,33)/b18-10-,26-12?. The van der Waals surface area contributed by atoms with E-state index >= 15 is 0 Å². The maximum atomic E-state index is 12.8. The summed E-state index contributed by atoms with van der Waals surface area (Å²) in [5.74, 6) is -2.11. The molecule has 0 saturated heterocycles. The summed E-state index contributed by atoms with van der Waals surface area (Å²) >= 11 is 6.23. The number of nitro groups is 1. The van der Waals surface area contributed by atoms with Crippen molar-refractivity contribution in [1.29, 1.82) is 0 Å². The molecule has 3 rings (SSSR count). The van der Waals surface area contributed by atoms with E-state index in [-0.39, 0.29) is 26.1 Å². The first-order valence-corrected chi connectivity index (χ1v) is 11.3. The Morgan fingerprint density at radius 3 is 2.29 bits per heavy atom. The molecule has 0 aromatic heterocycles. The number of phenolic OH excluding ortho intramolecular Hbond substituents is 2. The molecule has 4 N–H and O–H groups in total. The number of hydrogen-bond acceptors (Lipinski definition) is 7. The van der Waals surface area contributed by atoms with Crippen LogP contribution in [-0.4, -0.2) is 33.2 Å². The van der Waals surface area contributed by atoms with Crippen LogP contribution in [0.3, 0.4) is 0 Å². The second-order valence-electron chi connectivity index (χ2n) is 6.88. The summed E-state index contributed by atoms with van der Waals surface area (Å²) in [6, 6.07) is 15.1. The molecule has 2 amide bonds. The van der Waals surface area contributed by atoms with E-state index in [2.05, 4.69) is 47.7 Å². The lowest BCUT2D eigenvalue weighted by molar-refractivity contribution is -0.384. The fourth-order valence-corrected chi connectivity index (χ4v) is 3.58. The summed E-state index contributed by atoms with van der Waals surface area (Å²) in [7, 11) is 0. The van der Waals surface area contributed by atoms with E-state index in [0.717, 1.165) is 0 Å². The Hall–Kier alpha value is -4.03. The van der Waals surface area contributed by atoms with Crippen molar-refractivity contribution in [3.63, 3.8) is 0 Å². The van der Waals surface area contributed by atoms with Gasteiger partial charge in [0.1, 0.15) is 5.70 Å². The number of non-ortho nitro benzene ring substituents is 1. The number of nitro benzene ring substituents is 1. The van der Waals surface area contributed by atoms with Gasteiger partial charge in [0, 0.05) is 23.3 Å². The SMILES string of the molecule is O=C(NN=Cc1cc(Br)c(O)c(O)c1Br)/C(=C/c1ccc([N+](=O)[O-])cc1)NC(=O)c1ccccc1. The Kier molecular flexibility index (Phi) is 8.34. The monoisotopic (exact) mass is 602 g/mol. The smallest absolute Gasteiger partial charge is 0.287 e. The number of nitrogens with zero attached hydrogens (tertiary/aromatic N) is 2. The Labute approximate surface area is 215 Å². The zero-order valence-corrected chi connectivity index (χ0v) is 20.8. The lowest BCUT2D eigenvalue weighted by Crippen LogP contribution is -2.32. The van der Waals surface area contributed by atoms with Crippen LogP contribution in [0.5, 0.6) is 11.5 Å². The second-order valence-corrected chi connectivity index (χ2v) is 8.53. The Morgan fingerprint density at radius 1 is 1.00 bits per heavy atom. The van der Waals surface area contributed by atoms with Crippen molar-refractivity contribution in [2.75, 3.05) is 0 Å². The molecule has 0 saturated carbocycles. The molecule has 0 radical (unpaired) electrons. The number of amides is 2. The molecule has 0 spiro atoms. The number of halogens is 2. The molecule has 35 heavy (non-hydrogen) atoms. The van der Waals surface area contributed by atoms with Crippen LogP contribution in [0.25, 0.3) is 6.08 Å².